The van der Waals surface area contributed by atoms with Crippen molar-refractivity contribution in [3.63, 3.8) is 0 Å². The molecular formula is C15H20N4O3. The lowest BCUT2D eigenvalue weighted by atomic mass is 10.2. The number of rotatable bonds is 3. The van der Waals surface area contributed by atoms with E-state index in [0.717, 1.165) is 11.3 Å². The van der Waals surface area contributed by atoms with Gasteiger partial charge in [0.1, 0.15) is 11.6 Å². The molecule has 2 aromatic rings. The van der Waals surface area contributed by atoms with Crippen LogP contribution in [0.3, 0.4) is 0 Å². The molecule has 2 aromatic heterocycles. The number of amides is 1. The average molecular weight is 304 g/mol. The molecule has 0 fully saturated rings. The first-order valence-corrected chi connectivity index (χ1v) is 7.01. The van der Waals surface area contributed by atoms with Gasteiger partial charge in [0, 0.05) is 17.5 Å². The molecule has 0 radical (unpaired) electrons. The van der Waals surface area contributed by atoms with Crippen molar-refractivity contribution in [3.8, 4) is 11.4 Å². The van der Waals surface area contributed by atoms with Gasteiger partial charge in [0.2, 0.25) is 11.7 Å². The SMILES string of the molecule is Cc1cc(-c2noc(C(C)NC(=O)OC(C)(C)C)n2)ccn1. The summed E-state index contributed by atoms with van der Waals surface area (Å²) >= 11 is 0. The second kappa shape index (κ2) is 6.13. The lowest BCUT2D eigenvalue weighted by Crippen LogP contribution is -2.34. The molecule has 0 aliphatic carbocycles. The van der Waals surface area contributed by atoms with Crippen molar-refractivity contribution in [1.82, 2.24) is 20.4 Å². The van der Waals surface area contributed by atoms with Crippen LogP contribution >= 0.6 is 0 Å². The van der Waals surface area contributed by atoms with E-state index in [1.54, 1.807) is 40.0 Å². The molecule has 0 spiro atoms. The van der Waals surface area contributed by atoms with Crippen LogP contribution in [0.1, 0.15) is 45.3 Å². The van der Waals surface area contributed by atoms with E-state index in [4.69, 9.17) is 9.26 Å². The van der Waals surface area contributed by atoms with Gasteiger partial charge in [-0.2, -0.15) is 4.98 Å². The summed E-state index contributed by atoms with van der Waals surface area (Å²) in [7, 11) is 0. The normalized spacial score (nSPS) is 12.8. The average Bonchev–Trinajstić information content (AvgIpc) is 2.85. The lowest BCUT2D eigenvalue weighted by Gasteiger charge is -2.20. The number of aromatic nitrogens is 3. The Morgan fingerprint density at radius 3 is 2.77 bits per heavy atom. The molecule has 0 bridgehead atoms. The Labute approximate surface area is 129 Å². The molecule has 1 amide bonds. The zero-order chi connectivity index (χ0) is 16.3. The molecule has 0 aliphatic rings. The van der Waals surface area contributed by atoms with Crippen LogP contribution < -0.4 is 5.32 Å². The van der Waals surface area contributed by atoms with Gasteiger partial charge >= 0.3 is 6.09 Å². The quantitative estimate of drug-likeness (QED) is 0.937. The second-order valence-electron chi connectivity index (χ2n) is 6.01. The van der Waals surface area contributed by atoms with Gasteiger partial charge in [0.05, 0.1) is 0 Å². The van der Waals surface area contributed by atoms with Gasteiger partial charge in [-0.3, -0.25) is 4.98 Å². The van der Waals surface area contributed by atoms with Crippen molar-refractivity contribution in [2.24, 2.45) is 0 Å². The minimum atomic E-state index is -0.557. The van der Waals surface area contributed by atoms with E-state index in [0.29, 0.717) is 11.7 Å². The van der Waals surface area contributed by atoms with E-state index < -0.39 is 17.7 Å². The molecular weight excluding hydrogens is 284 g/mol. The molecule has 22 heavy (non-hydrogen) atoms. The summed E-state index contributed by atoms with van der Waals surface area (Å²) in [5, 5.41) is 6.58. The fourth-order valence-corrected chi connectivity index (χ4v) is 1.76. The fourth-order valence-electron chi connectivity index (χ4n) is 1.76. The lowest BCUT2D eigenvalue weighted by molar-refractivity contribution is 0.0499. The molecule has 1 N–H and O–H groups in total. The van der Waals surface area contributed by atoms with Crippen LogP contribution in [0.2, 0.25) is 0 Å². The summed E-state index contributed by atoms with van der Waals surface area (Å²) in [5.74, 6) is 0.772. The number of carbonyl (C=O) groups is 1. The van der Waals surface area contributed by atoms with E-state index in [9.17, 15) is 4.79 Å². The standard InChI is InChI=1S/C15H20N4O3/c1-9-8-11(6-7-16-9)12-18-13(22-19-12)10(2)17-14(20)21-15(3,4)5/h6-8,10H,1-5H3,(H,17,20). The third-order valence-corrected chi connectivity index (χ3v) is 2.70. The highest BCUT2D eigenvalue weighted by atomic mass is 16.6. The van der Waals surface area contributed by atoms with Crippen molar-refractivity contribution in [2.45, 2.75) is 46.3 Å². The van der Waals surface area contributed by atoms with Crippen molar-refractivity contribution < 1.29 is 14.1 Å². The zero-order valence-corrected chi connectivity index (χ0v) is 13.4. The minimum Gasteiger partial charge on any atom is -0.444 e. The maximum absolute atomic E-state index is 11.7. The van der Waals surface area contributed by atoms with Crippen LogP contribution in [0.25, 0.3) is 11.4 Å². The first-order chi connectivity index (χ1) is 10.2. The number of carbonyl (C=O) groups excluding carboxylic acids is 1. The van der Waals surface area contributed by atoms with Gasteiger partial charge in [0.25, 0.3) is 0 Å². The molecule has 118 valence electrons. The van der Waals surface area contributed by atoms with Gasteiger partial charge in [0.15, 0.2) is 0 Å². The molecule has 1 unspecified atom stereocenters. The summed E-state index contributed by atoms with van der Waals surface area (Å²) in [4.78, 5) is 20.1. The second-order valence-corrected chi connectivity index (χ2v) is 6.01. The molecule has 0 saturated carbocycles. The summed E-state index contributed by atoms with van der Waals surface area (Å²) in [6, 6.07) is 3.22. The third-order valence-electron chi connectivity index (χ3n) is 2.70. The molecule has 2 rings (SSSR count). The van der Waals surface area contributed by atoms with E-state index in [1.165, 1.54) is 0 Å². The zero-order valence-electron chi connectivity index (χ0n) is 13.4. The van der Waals surface area contributed by atoms with Gasteiger partial charge in [-0.15, -0.1) is 0 Å². The first-order valence-electron chi connectivity index (χ1n) is 7.01. The summed E-state index contributed by atoms with van der Waals surface area (Å²) < 4.78 is 10.4. The predicted molar refractivity (Wildman–Crippen MR) is 80.1 cm³/mol. The number of pyridine rings is 1. The highest BCUT2D eigenvalue weighted by molar-refractivity contribution is 5.68. The Kier molecular flexibility index (Phi) is 4.44. The van der Waals surface area contributed by atoms with Crippen LogP contribution in [0.15, 0.2) is 22.9 Å². The molecule has 0 aromatic carbocycles. The summed E-state index contributed by atoms with van der Waals surface area (Å²) in [5.41, 5.74) is 1.12. The number of nitrogens with zero attached hydrogens (tertiary/aromatic N) is 3. The Morgan fingerprint density at radius 2 is 2.14 bits per heavy atom. The summed E-state index contributed by atoms with van der Waals surface area (Å²) in [6.45, 7) is 9.03. The maximum Gasteiger partial charge on any atom is 0.408 e. The van der Waals surface area contributed by atoms with Gasteiger partial charge in [-0.25, -0.2) is 4.79 Å². The molecule has 2 heterocycles. The number of ether oxygens (including phenoxy) is 1. The van der Waals surface area contributed by atoms with E-state index in [-0.39, 0.29) is 0 Å². The van der Waals surface area contributed by atoms with Crippen LogP contribution in [-0.4, -0.2) is 26.8 Å². The Morgan fingerprint density at radius 1 is 1.41 bits per heavy atom. The van der Waals surface area contributed by atoms with Gasteiger partial charge in [-0.05, 0) is 46.8 Å². The predicted octanol–water partition coefficient (Wildman–Crippen LogP) is 3.03. The number of nitrogens with one attached hydrogen (secondary N) is 1. The Bertz CT molecular complexity index is 661. The van der Waals surface area contributed by atoms with Gasteiger partial charge in [-0.1, -0.05) is 5.16 Å². The molecule has 0 aliphatic heterocycles. The van der Waals surface area contributed by atoms with Crippen LogP contribution in [-0.2, 0) is 4.74 Å². The van der Waals surface area contributed by atoms with Gasteiger partial charge < -0.3 is 14.6 Å². The van der Waals surface area contributed by atoms with E-state index in [1.807, 2.05) is 13.0 Å². The van der Waals surface area contributed by atoms with Crippen molar-refractivity contribution in [2.75, 3.05) is 0 Å². The number of hydrogen-bond acceptors (Lipinski definition) is 6. The Balaban J connectivity index is 2.06. The summed E-state index contributed by atoms with van der Waals surface area (Å²) in [6.07, 6.45) is 1.16. The number of aryl methyl sites for hydroxylation is 1. The van der Waals surface area contributed by atoms with Crippen LogP contribution in [0, 0.1) is 6.92 Å². The smallest absolute Gasteiger partial charge is 0.408 e. The monoisotopic (exact) mass is 304 g/mol. The van der Waals surface area contributed by atoms with Crippen molar-refractivity contribution >= 4 is 6.09 Å². The number of hydrogen-bond donors (Lipinski definition) is 1. The molecule has 7 nitrogen and oxygen atoms in total. The highest BCUT2D eigenvalue weighted by Crippen LogP contribution is 2.19. The topological polar surface area (TPSA) is 90.1 Å². The van der Waals surface area contributed by atoms with Crippen LogP contribution in [0.4, 0.5) is 4.79 Å². The van der Waals surface area contributed by atoms with E-state index >= 15 is 0 Å². The molecule has 7 heteroatoms. The molecule has 1 atom stereocenters. The highest BCUT2D eigenvalue weighted by Gasteiger charge is 2.21. The number of alkyl carbamates (subject to hydrolysis) is 1. The largest absolute Gasteiger partial charge is 0.444 e. The Hall–Kier alpha value is -2.44. The van der Waals surface area contributed by atoms with E-state index in [2.05, 4.69) is 20.4 Å². The van der Waals surface area contributed by atoms with Crippen LogP contribution in [0.5, 0.6) is 0 Å². The molecule has 0 saturated heterocycles. The first kappa shape index (κ1) is 15.9. The third kappa shape index (κ3) is 4.28. The van der Waals surface area contributed by atoms with Crippen molar-refractivity contribution in [3.05, 3.63) is 29.9 Å². The maximum atomic E-state index is 11.7. The van der Waals surface area contributed by atoms with Crippen molar-refractivity contribution in [1.29, 1.82) is 0 Å². The minimum absolute atomic E-state index is 0.315. The fraction of sp³-hybridized carbons (Fsp3) is 0.467.